The Bertz CT molecular complexity index is 2650. The Morgan fingerprint density at radius 2 is 0.804 bits per heavy atom. The quantitative estimate of drug-likeness (QED) is 0.124. The zero-order valence-corrected chi connectivity index (χ0v) is 31.7. The van der Waals surface area contributed by atoms with Crippen LogP contribution in [-0.2, 0) is 23.3 Å². The van der Waals surface area contributed by atoms with Crippen molar-refractivity contribution in [2.24, 2.45) is 7.05 Å². The van der Waals surface area contributed by atoms with Crippen molar-refractivity contribution in [2.75, 3.05) is 0 Å². The first kappa shape index (κ1) is 36.1. The monoisotopic (exact) mass is 754 g/mol. The van der Waals surface area contributed by atoms with Crippen LogP contribution in [0.4, 0.5) is 0 Å². The summed E-state index contributed by atoms with van der Waals surface area (Å²) in [5, 5.41) is 0. The Labute approximate surface area is 327 Å². The maximum Gasteiger partial charge on any atom is 0.206 e. The highest BCUT2D eigenvalue weighted by Crippen LogP contribution is 2.32. The van der Waals surface area contributed by atoms with Crippen molar-refractivity contribution in [3.05, 3.63) is 199 Å². The minimum Gasteiger partial charge on any atom is -0.457 e. The normalized spacial score (nSPS) is 11.2. The van der Waals surface area contributed by atoms with E-state index in [0.717, 1.165) is 40.4 Å². The summed E-state index contributed by atoms with van der Waals surface area (Å²) in [4.78, 5) is 4.70. The Hall–Kier alpha value is -6.90. The number of hydrogen-bond acceptors (Lipinski definition) is 6. The topological polar surface area (TPSA) is 79.7 Å². The third-order valence-electron chi connectivity index (χ3n) is 9.40. The largest absolute Gasteiger partial charge is 0.457 e. The van der Waals surface area contributed by atoms with Gasteiger partial charge in [0.05, 0.1) is 9.79 Å². The Kier molecular flexibility index (Phi) is 10.2. The Morgan fingerprint density at radius 1 is 0.464 bits per heavy atom. The Balaban J connectivity index is 0.842. The maximum atomic E-state index is 13.4. The first-order valence-corrected chi connectivity index (χ1v) is 19.7. The highest BCUT2D eigenvalue weighted by Gasteiger charge is 2.18. The number of aryl methyl sites for hydroxylation is 2. The zero-order chi connectivity index (χ0) is 38.5. The molecule has 7 nitrogen and oxygen atoms in total. The number of imidazole rings is 1. The van der Waals surface area contributed by atoms with Crippen LogP contribution < -0.4 is 14.2 Å². The van der Waals surface area contributed by atoms with Crippen molar-refractivity contribution in [3.63, 3.8) is 0 Å². The zero-order valence-electron chi connectivity index (χ0n) is 30.9. The summed E-state index contributed by atoms with van der Waals surface area (Å²) in [6, 6.07) is 53.0. The van der Waals surface area contributed by atoms with Crippen LogP contribution in [0.5, 0.6) is 34.5 Å². The van der Waals surface area contributed by atoms with Gasteiger partial charge in [-0.05, 0) is 145 Å². The first-order valence-electron chi connectivity index (χ1n) is 18.2. The van der Waals surface area contributed by atoms with Crippen molar-refractivity contribution in [3.8, 4) is 57.0 Å². The van der Waals surface area contributed by atoms with E-state index in [1.165, 1.54) is 16.7 Å². The summed E-state index contributed by atoms with van der Waals surface area (Å²) in [6.07, 6.45) is 4.53. The van der Waals surface area contributed by atoms with E-state index in [0.29, 0.717) is 23.0 Å². The summed E-state index contributed by atoms with van der Waals surface area (Å²) >= 11 is 0. The van der Waals surface area contributed by atoms with Gasteiger partial charge in [0.2, 0.25) is 9.84 Å². The van der Waals surface area contributed by atoms with Gasteiger partial charge in [0, 0.05) is 25.0 Å². The smallest absolute Gasteiger partial charge is 0.206 e. The van der Waals surface area contributed by atoms with Gasteiger partial charge < -0.3 is 18.8 Å². The summed E-state index contributed by atoms with van der Waals surface area (Å²) in [5.41, 5.74) is 6.82. The van der Waals surface area contributed by atoms with E-state index >= 15 is 0 Å². The lowest BCUT2D eigenvalue weighted by Crippen LogP contribution is -2.01. The summed E-state index contributed by atoms with van der Waals surface area (Å²) in [5.74, 6) is 4.73. The van der Waals surface area contributed by atoms with Gasteiger partial charge in [-0.25, -0.2) is 13.4 Å². The molecule has 0 spiro atoms. The van der Waals surface area contributed by atoms with Gasteiger partial charge in [-0.2, -0.15) is 0 Å². The highest BCUT2D eigenvalue weighted by molar-refractivity contribution is 7.91. The molecule has 8 rings (SSSR count). The van der Waals surface area contributed by atoms with E-state index in [2.05, 4.69) is 48.3 Å². The molecule has 8 heteroatoms. The number of rotatable bonds is 12. The number of nitrogens with zero attached hydrogens (tertiary/aromatic N) is 2. The fourth-order valence-corrected chi connectivity index (χ4v) is 7.54. The van der Waals surface area contributed by atoms with Gasteiger partial charge >= 0.3 is 0 Å². The van der Waals surface area contributed by atoms with Crippen molar-refractivity contribution in [1.29, 1.82) is 0 Å². The summed E-state index contributed by atoms with van der Waals surface area (Å²) < 4.78 is 46.9. The highest BCUT2D eigenvalue weighted by atomic mass is 32.2. The van der Waals surface area contributed by atoms with Crippen LogP contribution >= 0.6 is 0 Å². The van der Waals surface area contributed by atoms with Crippen molar-refractivity contribution in [1.82, 2.24) is 9.55 Å². The van der Waals surface area contributed by atoms with Gasteiger partial charge in [0.25, 0.3) is 0 Å². The molecule has 1 aromatic heterocycles. The molecular formula is C48H38N2O5S. The molecule has 7 aromatic carbocycles. The second-order valence-corrected chi connectivity index (χ2v) is 15.4. The first-order chi connectivity index (χ1) is 27.2. The van der Waals surface area contributed by atoms with Crippen molar-refractivity contribution in [2.45, 2.75) is 23.1 Å². The SMILES string of the molecule is Cc1ccc(Cc2ccc(Oc3ccc(-c4ccc(Oc5ccc(S(=O)(=O)c6ccc(Oc7ccc(-c8nccn8C)cc7)cc6)cc5)cc4)cc3)cc2)cc1. The average molecular weight is 755 g/mol. The third-order valence-corrected chi connectivity index (χ3v) is 11.2. The fraction of sp³-hybridized carbons (Fsp3) is 0.0625. The lowest BCUT2D eigenvalue weighted by Gasteiger charge is -2.10. The van der Waals surface area contributed by atoms with E-state index < -0.39 is 9.84 Å². The molecule has 1 heterocycles. The van der Waals surface area contributed by atoms with Crippen LogP contribution in [0.1, 0.15) is 16.7 Å². The molecule has 0 amide bonds. The molecule has 0 atom stereocenters. The molecule has 0 aliphatic carbocycles. The van der Waals surface area contributed by atoms with Crippen LogP contribution in [0, 0.1) is 6.92 Å². The number of ether oxygens (including phenoxy) is 3. The second kappa shape index (κ2) is 15.8. The lowest BCUT2D eigenvalue weighted by atomic mass is 10.0. The predicted octanol–water partition coefficient (Wildman–Crippen LogP) is 11.9. The molecule has 0 saturated carbocycles. The van der Waals surface area contributed by atoms with Crippen LogP contribution in [-0.4, -0.2) is 18.0 Å². The van der Waals surface area contributed by atoms with Crippen LogP contribution in [0.15, 0.2) is 192 Å². The van der Waals surface area contributed by atoms with Crippen molar-refractivity contribution < 1.29 is 22.6 Å². The minimum absolute atomic E-state index is 0.168. The summed E-state index contributed by atoms with van der Waals surface area (Å²) in [6.45, 7) is 2.10. The second-order valence-electron chi connectivity index (χ2n) is 13.5. The van der Waals surface area contributed by atoms with E-state index in [4.69, 9.17) is 14.2 Å². The average Bonchev–Trinajstić information content (AvgIpc) is 3.66. The maximum absolute atomic E-state index is 13.4. The number of sulfone groups is 1. The number of hydrogen-bond donors (Lipinski definition) is 0. The standard InChI is InChI=1S/C48H38N2O5S/c1-34-3-5-35(6-4-34)33-36-7-15-40(16-8-36)53-41-17-9-37(10-18-41)38-11-19-42(20-12-38)54-44-23-27-46(28-24-44)56(51,52)47-29-25-45(26-30-47)55-43-21-13-39(14-22-43)48-49-31-32-50(48)2/h3-32H,33H2,1-2H3. The van der Waals surface area contributed by atoms with E-state index in [9.17, 15) is 8.42 Å². The van der Waals surface area contributed by atoms with Crippen LogP contribution in [0.3, 0.4) is 0 Å². The molecule has 0 radical (unpaired) electrons. The van der Waals surface area contributed by atoms with E-state index in [1.54, 1.807) is 54.7 Å². The molecule has 276 valence electrons. The fourth-order valence-electron chi connectivity index (χ4n) is 6.28. The molecule has 0 N–H and O–H groups in total. The van der Waals surface area contributed by atoms with Gasteiger partial charge in [-0.15, -0.1) is 0 Å². The van der Waals surface area contributed by atoms with Crippen LogP contribution in [0.2, 0.25) is 0 Å². The minimum atomic E-state index is -3.75. The molecule has 0 saturated heterocycles. The van der Waals surface area contributed by atoms with Gasteiger partial charge in [-0.1, -0.05) is 66.2 Å². The molecule has 0 fully saturated rings. The van der Waals surface area contributed by atoms with Gasteiger partial charge in [0.15, 0.2) is 0 Å². The summed E-state index contributed by atoms with van der Waals surface area (Å²) in [7, 11) is -1.81. The molecule has 56 heavy (non-hydrogen) atoms. The molecule has 0 unspecified atom stereocenters. The van der Waals surface area contributed by atoms with E-state index in [-0.39, 0.29) is 9.79 Å². The third kappa shape index (κ3) is 8.41. The lowest BCUT2D eigenvalue weighted by molar-refractivity contribution is 0.482. The van der Waals surface area contributed by atoms with E-state index in [1.807, 2.05) is 103 Å². The molecule has 0 aliphatic heterocycles. The number of benzene rings is 7. The number of aromatic nitrogens is 2. The molecule has 0 aliphatic rings. The van der Waals surface area contributed by atoms with Crippen molar-refractivity contribution >= 4 is 9.84 Å². The molecule has 0 bridgehead atoms. The van der Waals surface area contributed by atoms with Gasteiger partial charge in [-0.3, -0.25) is 0 Å². The Morgan fingerprint density at radius 3 is 1.18 bits per heavy atom. The van der Waals surface area contributed by atoms with Gasteiger partial charge in [0.1, 0.15) is 40.3 Å². The predicted molar refractivity (Wildman–Crippen MR) is 220 cm³/mol. The van der Waals surface area contributed by atoms with Crippen LogP contribution in [0.25, 0.3) is 22.5 Å². The molecular weight excluding hydrogens is 717 g/mol. The molecule has 8 aromatic rings.